The van der Waals surface area contributed by atoms with Gasteiger partial charge in [0.05, 0.1) is 16.4 Å². The number of nitrogens with zero attached hydrogens (tertiary/aromatic N) is 3. The number of hydrogen-bond acceptors (Lipinski definition) is 4. The summed E-state index contributed by atoms with van der Waals surface area (Å²) in [6.45, 7) is 4.14. The standard InChI is InChI=1S/C22H23ClN4.C6H6O/c1-14-18-12-16(7-6-15(18)8-10-24-14)27-11-9-20-21(13-27)26-22(25-20)17-4-2-3-5-19(17)23;7-6-4-2-1-3-5-6/h2-5,8,10,16H,6-7,9,11-13H2,1H3,(H,25,26);1-5,7H. The number of phenolic OH excluding ortho intramolecular Hbond substituents is 1. The van der Waals surface area contributed by atoms with Crippen molar-refractivity contribution in [2.24, 2.45) is 0 Å². The molecule has 3 heterocycles. The summed E-state index contributed by atoms with van der Waals surface area (Å²) in [5, 5.41) is 9.38. The summed E-state index contributed by atoms with van der Waals surface area (Å²) in [5.41, 5.74) is 7.55. The maximum absolute atomic E-state index is 8.63. The number of H-pyrrole nitrogens is 1. The van der Waals surface area contributed by atoms with Crippen LogP contribution in [0.15, 0.2) is 66.9 Å². The highest BCUT2D eigenvalue weighted by Crippen LogP contribution is 2.31. The molecule has 2 aromatic carbocycles. The van der Waals surface area contributed by atoms with E-state index in [9.17, 15) is 0 Å². The highest BCUT2D eigenvalue weighted by atomic mass is 35.5. The van der Waals surface area contributed by atoms with E-state index in [1.54, 1.807) is 24.3 Å². The van der Waals surface area contributed by atoms with E-state index < -0.39 is 0 Å². The van der Waals surface area contributed by atoms with Gasteiger partial charge in [0.2, 0.25) is 0 Å². The van der Waals surface area contributed by atoms with Gasteiger partial charge in [-0.1, -0.05) is 41.9 Å². The van der Waals surface area contributed by atoms with Crippen LogP contribution < -0.4 is 0 Å². The van der Waals surface area contributed by atoms with Gasteiger partial charge in [0.1, 0.15) is 11.6 Å². The molecular formula is C28H29ClN4O. The third-order valence-corrected chi connectivity index (χ3v) is 7.15. The molecule has 0 saturated heterocycles. The van der Waals surface area contributed by atoms with Gasteiger partial charge in [-0.3, -0.25) is 9.88 Å². The Morgan fingerprint density at radius 1 is 1.03 bits per heavy atom. The topological polar surface area (TPSA) is 65.0 Å². The van der Waals surface area contributed by atoms with E-state index in [2.05, 4.69) is 27.9 Å². The Kier molecular flexibility index (Phi) is 6.66. The SMILES string of the molecule is Cc1nccc2c1CC(N1CCc3nc(-c4ccccc4Cl)[nH]c3C1)CC2.Oc1ccccc1. The number of pyridine rings is 1. The predicted octanol–water partition coefficient (Wildman–Crippen LogP) is 5.74. The Bertz CT molecular complexity index is 1270. The molecule has 2 aromatic heterocycles. The Balaban J connectivity index is 0.000000297. The number of hydrogen-bond donors (Lipinski definition) is 2. The van der Waals surface area contributed by atoms with E-state index in [0.29, 0.717) is 11.8 Å². The van der Waals surface area contributed by atoms with Crippen LogP contribution in [-0.2, 0) is 25.8 Å². The van der Waals surface area contributed by atoms with E-state index in [1.807, 2.05) is 36.5 Å². The van der Waals surface area contributed by atoms with Crippen LogP contribution in [0.2, 0.25) is 5.02 Å². The average molecular weight is 473 g/mol. The van der Waals surface area contributed by atoms with Crippen LogP contribution in [0, 0.1) is 6.92 Å². The van der Waals surface area contributed by atoms with Crippen molar-refractivity contribution in [3.63, 3.8) is 0 Å². The Morgan fingerprint density at radius 2 is 1.82 bits per heavy atom. The molecule has 6 rings (SSSR count). The van der Waals surface area contributed by atoms with Crippen molar-refractivity contribution in [1.29, 1.82) is 0 Å². The first-order valence-corrected chi connectivity index (χ1v) is 12.2. The number of benzene rings is 2. The number of para-hydroxylation sites is 1. The molecule has 1 aliphatic carbocycles. The lowest BCUT2D eigenvalue weighted by atomic mass is 9.86. The minimum Gasteiger partial charge on any atom is -0.508 e. The molecule has 1 atom stereocenters. The monoisotopic (exact) mass is 472 g/mol. The van der Waals surface area contributed by atoms with Crippen LogP contribution in [0.25, 0.3) is 11.4 Å². The first-order valence-electron chi connectivity index (χ1n) is 11.8. The lowest BCUT2D eigenvalue weighted by Crippen LogP contribution is -2.42. The number of phenols is 1. The molecular weight excluding hydrogens is 444 g/mol. The Morgan fingerprint density at radius 3 is 2.59 bits per heavy atom. The summed E-state index contributed by atoms with van der Waals surface area (Å²) in [5.74, 6) is 1.21. The van der Waals surface area contributed by atoms with Gasteiger partial charge in [-0.25, -0.2) is 4.98 Å². The molecule has 1 unspecified atom stereocenters. The van der Waals surface area contributed by atoms with Crippen molar-refractivity contribution in [1.82, 2.24) is 19.9 Å². The molecule has 1 aliphatic heterocycles. The van der Waals surface area contributed by atoms with Crippen molar-refractivity contribution >= 4 is 11.6 Å². The van der Waals surface area contributed by atoms with E-state index in [-0.39, 0.29) is 0 Å². The van der Waals surface area contributed by atoms with E-state index in [1.165, 1.54) is 34.6 Å². The first kappa shape index (κ1) is 22.6. The summed E-state index contributed by atoms with van der Waals surface area (Å²) in [6, 6.07) is 19.4. The van der Waals surface area contributed by atoms with Gasteiger partial charge in [-0.05, 0) is 67.6 Å². The molecule has 6 heteroatoms. The zero-order chi connectivity index (χ0) is 23.5. The smallest absolute Gasteiger partial charge is 0.139 e. The molecule has 0 radical (unpaired) electrons. The van der Waals surface area contributed by atoms with E-state index in [4.69, 9.17) is 21.7 Å². The van der Waals surface area contributed by atoms with Crippen LogP contribution in [0.4, 0.5) is 0 Å². The molecule has 0 spiro atoms. The quantitative estimate of drug-likeness (QED) is 0.390. The second-order valence-electron chi connectivity index (χ2n) is 8.98. The van der Waals surface area contributed by atoms with Crippen molar-refractivity contribution in [3.05, 3.63) is 100 Å². The third-order valence-electron chi connectivity index (χ3n) is 6.82. The number of fused-ring (bicyclic) bond motifs is 2. The fourth-order valence-electron chi connectivity index (χ4n) is 4.97. The number of halogens is 1. The highest BCUT2D eigenvalue weighted by molar-refractivity contribution is 6.33. The third kappa shape index (κ3) is 4.86. The predicted molar refractivity (Wildman–Crippen MR) is 136 cm³/mol. The minimum absolute atomic E-state index is 0.322. The lowest BCUT2D eigenvalue weighted by molar-refractivity contribution is 0.160. The van der Waals surface area contributed by atoms with E-state index >= 15 is 0 Å². The van der Waals surface area contributed by atoms with Gasteiger partial charge in [0, 0.05) is 43.0 Å². The van der Waals surface area contributed by atoms with Gasteiger partial charge in [0.15, 0.2) is 0 Å². The maximum Gasteiger partial charge on any atom is 0.139 e. The van der Waals surface area contributed by atoms with Crippen molar-refractivity contribution in [2.75, 3.05) is 6.54 Å². The van der Waals surface area contributed by atoms with Crippen molar-refractivity contribution in [2.45, 2.75) is 45.2 Å². The van der Waals surface area contributed by atoms with Gasteiger partial charge >= 0.3 is 0 Å². The zero-order valence-corrected chi connectivity index (χ0v) is 20.1. The number of imidazole rings is 1. The molecule has 174 valence electrons. The number of aryl methyl sites for hydroxylation is 2. The fraction of sp³-hybridized carbons (Fsp3) is 0.286. The van der Waals surface area contributed by atoms with Gasteiger partial charge < -0.3 is 10.1 Å². The Labute approximate surface area is 205 Å². The normalized spacial score (nSPS) is 17.3. The first-order chi connectivity index (χ1) is 16.6. The van der Waals surface area contributed by atoms with Gasteiger partial charge in [-0.15, -0.1) is 0 Å². The van der Waals surface area contributed by atoms with Crippen molar-refractivity contribution < 1.29 is 5.11 Å². The Hall–Kier alpha value is -3.15. The largest absolute Gasteiger partial charge is 0.508 e. The number of aromatic nitrogens is 3. The van der Waals surface area contributed by atoms with Crippen LogP contribution in [0.5, 0.6) is 5.75 Å². The number of nitrogens with one attached hydrogen (secondary N) is 1. The second-order valence-corrected chi connectivity index (χ2v) is 9.38. The molecule has 0 fully saturated rings. The molecule has 2 aliphatic rings. The average Bonchev–Trinajstić information content (AvgIpc) is 3.28. The van der Waals surface area contributed by atoms with Gasteiger partial charge in [0.25, 0.3) is 0 Å². The summed E-state index contributed by atoms with van der Waals surface area (Å²) >= 11 is 6.36. The number of aromatic hydroxyl groups is 1. The van der Waals surface area contributed by atoms with Crippen LogP contribution in [-0.4, -0.2) is 37.5 Å². The van der Waals surface area contributed by atoms with Gasteiger partial charge in [-0.2, -0.15) is 0 Å². The molecule has 4 aromatic rings. The molecule has 0 saturated carbocycles. The summed E-state index contributed by atoms with van der Waals surface area (Å²) in [6.07, 6.45) is 6.42. The molecule has 2 N–H and O–H groups in total. The maximum atomic E-state index is 8.63. The number of rotatable bonds is 2. The highest BCUT2D eigenvalue weighted by Gasteiger charge is 2.29. The minimum atomic E-state index is 0.322. The molecule has 34 heavy (non-hydrogen) atoms. The van der Waals surface area contributed by atoms with Crippen LogP contribution in [0.3, 0.4) is 0 Å². The molecule has 0 bridgehead atoms. The fourth-order valence-corrected chi connectivity index (χ4v) is 5.19. The number of aromatic amines is 1. The summed E-state index contributed by atoms with van der Waals surface area (Å²) < 4.78 is 0. The lowest BCUT2D eigenvalue weighted by Gasteiger charge is -2.37. The molecule has 5 nitrogen and oxygen atoms in total. The van der Waals surface area contributed by atoms with Crippen molar-refractivity contribution in [3.8, 4) is 17.1 Å². The zero-order valence-electron chi connectivity index (χ0n) is 19.3. The summed E-state index contributed by atoms with van der Waals surface area (Å²) in [4.78, 5) is 15.5. The van der Waals surface area contributed by atoms with Crippen LogP contribution >= 0.6 is 11.6 Å². The second kappa shape index (κ2) is 10.00. The van der Waals surface area contributed by atoms with E-state index in [0.717, 1.165) is 48.8 Å². The van der Waals surface area contributed by atoms with Crippen LogP contribution in [0.1, 0.15) is 34.6 Å². The molecule has 0 amide bonds. The summed E-state index contributed by atoms with van der Waals surface area (Å²) in [7, 11) is 0.